The van der Waals surface area contributed by atoms with E-state index in [4.69, 9.17) is 4.74 Å². The summed E-state index contributed by atoms with van der Waals surface area (Å²) in [7, 11) is -2.60. The summed E-state index contributed by atoms with van der Waals surface area (Å²) in [5.74, 6) is -0.260. The van der Waals surface area contributed by atoms with Crippen molar-refractivity contribution in [3.05, 3.63) is 82.3 Å². The lowest BCUT2D eigenvalue weighted by atomic mass is 10.1. The highest BCUT2D eigenvalue weighted by atomic mass is 79.9. The lowest BCUT2D eigenvalue weighted by Gasteiger charge is -2.14. The zero-order valence-corrected chi connectivity index (χ0v) is 18.9. The Bertz CT molecular complexity index is 1160. The van der Waals surface area contributed by atoms with E-state index in [1.165, 1.54) is 25.3 Å². The van der Waals surface area contributed by atoms with Crippen LogP contribution in [0.4, 0.5) is 11.4 Å². The molecule has 3 aromatic rings. The number of aryl methyl sites for hydroxylation is 1. The molecule has 0 saturated carbocycles. The van der Waals surface area contributed by atoms with Gasteiger partial charge in [-0.2, -0.15) is 0 Å². The van der Waals surface area contributed by atoms with Crippen molar-refractivity contribution in [3.63, 3.8) is 0 Å². The molecular weight excluding hydrogens is 468 g/mol. The molecule has 0 aliphatic carbocycles. The van der Waals surface area contributed by atoms with Gasteiger partial charge in [0.25, 0.3) is 15.9 Å². The monoisotopic (exact) mass is 488 g/mol. The molecule has 0 heterocycles. The van der Waals surface area contributed by atoms with Gasteiger partial charge in [0.1, 0.15) is 10.6 Å². The molecule has 0 spiro atoms. The quantitative estimate of drug-likeness (QED) is 0.485. The maximum atomic E-state index is 13.0. The van der Waals surface area contributed by atoms with E-state index in [1.54, 1.807) is 24.3 Å². The Morgan fingerprint density at radius 2 is 1.73 bits per heavy atom. The molecule has 0 aliphatic heterocycles. The van der Waals surface area contributed by atoms with Gasteiger partial charge >= 0.3 is 0 Å². The van der Waals surface area contributed by atoms with E-state index in [1.807, 2.05) is 31.2 Å². The molecule has 0 aliphatic rings. The third kappa shape index (κ3) is 5.01. The number of carbonyl (C=O) groups excluding carboxylic acids is 1. The maximum absolute atomic E-state index is 13.0. The molecule has 30 heavy (non-hydrogen) atoms. The van der Waals surface area contributed by atoms with Crippen LogP contribution >= 0.6 is 15.9 Å². The summed E-state index contributed by atoms with van der Waals surface area (Å²) in [6.45, 7) is 2.00. The summed E-state index contributed by atoms with van der Waals surface area (Å²) in [6.07, 6.45) is 0.760. The zero-order chi connectivity index (χ0) is 21.7. The molecule has 0 unspecified atom stereocenters. The lowest BCUT2D eigenvalue weighted by Crippen LogP contribution is -2.17. The first kappa shape index (κ1) is 21.9. The standard InChI is InChI=1S/C22H21BrN2O4S/c1-3-15-6-4-5-7-19(15)24-22(26)16-8-13-20(29-2)21(14-16)30(27,28)25-18-11-9-17(23)10-12-18/h4-14,25H,3H2,1-2H3,(H,24,26). The molecule has 2 N–H and O–H groups in total. The van der Waals surface area contributed by atoms with E-state index in [0.717, 1.165) is 16.5 Å². The second kappa shape index (κ2) is 9.32. The van der Waals surface area contributed by atoms with Gasteiger partial charge in [0.05, 0.1) is 7.11 Å². The molecule has 6 nitrogen and oxygen atoms in total. The number of hydrogen-bond acceptors (Lipinski definition) is 4. The molecule has 0 radical (unpaired) electrons. The van der Waals surface area contributed by atoms with Crippen molar-refractivity contribution in [1.82, 2.24) is 0 Å². The molecule has 0 atom stereocenters. The summed E-state index contributed by atoms with van der Waals surface area (Å²) < 4.78 is 34.5. The predicted molar refractivity (Wildman–Crippen MR) is 122 cm³/mol. The van der Waals surface area contributed by atoms with E-state index in [9.17, 15) is 13.2 Å². The normalized spacial score (nSPS) is 11.0. The maximum Gasteiger partial charge on any atom is 0.265 e. The fourth-order valence-electron chi connectivity index (χ4n) is 2.90. The molecule has 0 saturated heterocycles. The highest BCUT2D eigenvalue weighted by Crippen LogP contribution is 2.28. The van der Waals surface area contributed by atoms with Crippen LogP contribution in [0.5, 0.6) is 5.75 Å². The smallest absolute Gasteiger partial charge is 0.265 e. The van der Waals surface area contributed by atoms with Crippen molar-refractivity contribution in [1.29, 1.82) is 0 Å². The highest BCUT2D eigenvalue weighted by molar-refractivity contribution is 9.10. The SMILES string of the molecule is CCc1ccccc1NC(=O)c1ccc(OC)c(S(=O)(=O)Nc2ccc(Br)cc2)c1. The first-order chi connectivity index (χ1) is 14.3. The van der Waals surface area contributed by atoms with Gasteiger partial charge in [-0.15, -0.1) is 0 Å². The molecular formula is C22H21BrN2O4S. The summed E-state index contributed by atoms with van der Waals surface area (Å²) in [5, 5.41) is 2.85. The van der Waals surface area contributed by atoms with Crippen LogP contribution < -0.4 is 14.8 Å². The van der Waals surface area contributed by atoms with E-state index in [0.29, 0.717) is 11.4 Å². The van der Waals surface area contributed by atoms with Gasteiger partial charge in [0.2, 0.25) is 0 Å². The molecule has 0 bridgehead atoms. The largest absolute Gasteiger partial charge is 0.495 e. The molecule has 3 aromatic carbocycles. The van der Waals surface area contributed by atoms with Crippen molar-refractivity contribution in [3.8, 4) is 5.75 Å². The van der Waals surface area contributed by atoms with E-state index < -0.39 is 15.9 Å². The van der Waals surface area contributed by atoms with E-state index in [2.05, 4.69) is 26.0 Å². The molecule has 3 rings (SSSR count). The third-order valence-corrected chi connectivity index (χ3v) is 6.39. The molecule has 0 fully saturated rings. The molecule has 0 aromatic heterocycles. The minimum absolute atomic E-state index is 0.121. The summed E-state index contributed by atoms with van der Waals surface area (Å²) in [6, 6.07) is 18.5. The van der Waals surface area contributed by atoms with Crippen LogP contribution in [-0.2, 0) is 16.4 Å². The number of halogens is 1. The number of hydrogen-bond donors (Lipinski definition) is 2. The minimum Gasteiger partial charge on any atom is -0.495 e. The Labute approximate surface area is 184 Å². The van der Waals surface area contributed by atoms with Gasteiger partial charge < -0.3 is 10.1 Å². The van der Waals surface area contributed by atoms with Gasteiger partial charge in [-0.3, -0.25) is 9.52 Å². The summed E-state index contributed by atoms with van der Waals surface area (Å²) in [5.41, 5.74) is 2.28. The number of sulfonamides is 1. The number of para-hydroxylation sites is 1. The van der Waals surface area contributed by atoms with Crippen LogP contribution in [0.1, 0.15) is 22.8 Å². The minimum atomic E-state index is -3.98. The lowest BCUT2D eigenvalue weighted by molar-refractivity contribution is 0.102. The number of nitrogens with one attached hydrogen (secondary N) is 2. The molecule has 156 valence electrons. The van der Waals surface area contributed by atoms with E-state index >= 15 is 0 Å². The summed E-state index contributed by atoms with van der Waals surface area (Å²) >= 11 is 3.31. The fraction of sp³-hybridized carbons (Fsp3) is 0.136. The number of carbonyl (C=O) groups is 1. The Morgan fingerprint density at radius 3 is 2.40 bits per heavy atom. The van der Waals surface area contributed by atoms with Gasteiger partial charge in [0.15, 0.2) is 0 Å². The average Bonchev–Trinajstić information content (AvgIpc) is 2.75. The van der Waals surface area contributed by atoms with Crippen LogP contribution in [0.15, 0.2) is 76.1 Å². The second-order valence-electron chi connectivity index (χ2n) is 6.44. The van der Waals surface area contributed by atoms with Crippen LogP contribution in [0, 0.1) is 0 Å². The Morgan fingerprint density at radius 1 is 1.03 bits per heavy atom. The number of benzene rings is 3. The zero-order valence-electron chi connectivity index (χ0n) is 16.5. The number of rotatable bonds is 7. The van der Waals surface area contributed by atoms with Gasteiger partial charge in [-0.25, -0.2) is 8.42 Å². The van der Waals surface area contributed by atoms with Gasteiger partial charge in [0, 0.05) is 21.4 Å². The van der Waals surface area contributed by atoms with Crippen molar-refractivity contribution in [2.45, 2.75) is 18.2 Å². The predicted octanol–water partition coefficient (Wildman–Crippen LogP) is 5.07. The van der Waals surface area contributed by atoms with Crippen LogP contribution in [-0.4, -0.2) is 21.4 Å². The third-order valence-electron chi connectivity index (χ3n) is 4.46. The first-order valence-electron chi connectivity index (χ1n) is 9.19. The van der Waals surface area contributed by atoms with Gasteiger partial charge in [-0.1, -0.05) is 41.1 Å². The number of ether oxygens (including phenoxy) is 1. The number of methoxy groups -OCH3 is 1. The first-order valence-corrected chi connectivity index (χ1v) is 11.5. The Hall–Kier alpha value is -2.84. The van der Waals surface area contributed by atoms with Crippen molar-refractivity contribution in [2.24, 2.45) is 0 Å². The van der Waals surface area contributed by atoms with Crippen molar-refractivity contribution in [2.75, 3.05) is 17.1 Å². The van der Waals surface area contributed by atoms with Crippen LogP contribution in [0.3, 0.4) is 0 Å². The Kier molecular flexibility index (Phi) is 6.79. The van der Waals surface area contributed by atoms with Crippen LogP contribution in [0.2, 0.25) is 0 Å². The number of amides is 1. The molecule has 8 heteroatoms. The van der Waals surface area contributed by atoms with E-state index in [-0.39, 0.29) is 16.2 Å². The highest BCUT2D eigenvalue weighted by Gasteiger charge is 2.22. The Balaban J connectivity index is 1.92. The number of anilines is 2. The second-order valence-corrected chi connectivity index (χ2v) is 9.01. The fourth-order valence-corrected chi connectivity index (χ4v) is 4.42. The van der Waals surface area contributed by atoms with Gasteiger partial charge in [-0.05, 0) is 60.5 Å². The van der Waals surface area contributed by atoms with Crippen molar-refractivity contribution >= 4 is 43.2 Å². The van der Waals surface area contributed by atoms with Crippen LogP contribution in [0.25, 0.3) is 0 Å². The average molecular weight is 489 g/mol. The molecule has 1 amide bonds. The van der Waals surface area contributed by atoms with Crippen molar-refractivity contribution < 1.29 is 17.9 Å². The topological polar surface area (TPSA) is 84.5 Å². The summed E-state index contributed by atoms with van der Waals surface area (Å²) in [4.78, 5) is 12.7.